The van der Waals surface area contributed by atoms with Crippen molar-refractivity contribution < 1.29 is 19.5 Å². The Bertz CT molecular complexity index is 833. The zero-order valence-corrected chi connectivity index (χ0v) is 16.1. The fourth-order valence-corrected chi connectivity index (χ4v) is 5.53. The van der Waals surface area contributed by atoms with Crippen LogP contribution in [0, 0.1) is 0 Å². The summed E-state index contributed by atoms with van der Waals surface area (Å²) >= 11 is 7.45. The van der Waals surface area contributed by atoms with Crippen LogP contribution in [-0.4, -0.2) is 45.0 Å². The molecule has 27 heavy (non-hydrogen) atoms. The van der Waals surface area contributed by atoms with E-state index in [-0.39, 0.29) is 22.9 Å². The molecular weight excluding hydrogens is 388 g/mol. The molecule has 1 aromatic carbocycles. The van der Waals surface area contributed by atoms with Crippen LogP contribution in [0.15, 0.2) is 36.0 Å². The number of hydrogen-bond donors (Lipinski definition) is 2. The first kappa shape index (κ1) is 18.4. The Labute approximate surface area is 165 Å². The maximum absolute atomic E-state index is 13.2. The van der Waals surface area contributed by atoms with Crippen molar-refractivity contribution in [3.05, 3.63) is 46.6 Å². The standard InChI is InChI=1S/C19H19ClN2O4S/c20-12-5-3-11(4-6-12)19(8-1-2-9-19)18(26)21-14-15(23)22-13(17(24)25)7-10-27-16(14)22/h3-7,14,16H,1-2,8-10H2,(H,21,26)(H,24,25)/t14-,16-/m1/s1. The van der Waals surface area contributed by atoms with E-state index in [1.165, 1.54) is 22.7 Å². The largest absolute Gasteiger partial charge is 0.477 e. The van der Waals surface area contributed by atoms with Crippen LogP contribution in [0.5, 0.6) is 0 Å². The molecule has 0 aromatic heterocycles. The molecule has 0 spiro atoms. The molecule has 1 saturated carbocycles. The van der Waals surface area contributed by atoms with Crippen molar-refractivity contribution in [3.8, 4) is 0 Å². The second kappa shape index (κ2) is 6.87. The minimum atomic E-state index is -1.12. The van der Waals surface area contributed by atoms with Gasteiger partial charge in [-0.05, 0) is 36.6 Å². The lowest BCUT2D eigenvalue weighted by Gasteiger charge is -2.49. The van der Waals surface area contributed by atoms with Crippen molar-refractivity contribution in [3.63, 3.8) is 0 Å². The van der Waals surface area contributed by atoms with Crippen molar-refractivity contribution in [2.24, 2.45) is 0 Å². The number of rotatable bonds is 4. The minimum Gasteiger partial charge on any atom is -0.477 e. The van der Waals surface area contributed by atoms with Crippen LogP contribution in [0.2, 0.25) is 5.02 Å². The van der Waals surface area contributed by atoms with Gasteiger partial charge in [0.2, 0.25) is 5.91 Å². The Balaban J connectivity index is 1.55. The number of carboxylic acids is 1. The third-order valence-electron chi connectivity index (χ3n) is 5.64. The molecule has 8 heteroatoms. The number of aliphatic carboxylic acids is 1. The first-order valence-electron chi connectivity index (χ1n) is 8.89. The second-order valence-corrected chi connectivity index (χ2v) is 8.66. The van der Waals surface area contributed by atoms with Crippen LogP contribution in [-0.2, 0) is 19.8 Å². The topological polar surface area (TPSA) is 86.7 Å². The smallest absolute Gasteiger partial charge is 0.352 e. The third kappa shape index (κ3) is 2.93. The fraction of sp³-hybridized carbons (Fsp3) is 0.421. The van der Waals surface area contributed by atoms with Gasteiger partial charge < -0.3 is 10.4 Å². The monoisotopic (exact) mass is 406 g/mol. The van der Waals surface area contributed by atoms with Gasteiger partial charge in [-0.25, -0.2) is 4.79 Å². The predicted molar refractivity (Wildman–Crippen MR) is 102 cm³/mol. The number of carbonyl (C=O) groups is 3. The summed E-state index contributed by atoms with van der Waals surface area (Å²) in [4.78, 5) is 38.3. The highest BCUT2D eigenvalue weighted by molar-refractivity contribution is 8.00. The molecule has 0 bridgehead atoms. The Kier molecular flexibility index (Phi) is 4.68. The van der Waals surface area contributed by atoms with E-state index >= 15 is 0 Å². The molecule has 2 heterocycles. The van der Waals surface area contributed by atoms with E-state index in [9.17, 15) is 19.5 Å². The minimum absolute atomic E-state index is 0.00234. The summed E-state index contributed by atoms with van der Waals surface area (Å²) in [6.07, 6.45) is 4.88. The lowest BCUT2D eigenvalue weighted by molar-refractivity contribution is -0.151. The van der Waals surface area contributed by atoms with Gasteiger partial charge in [0.15, 0.2) is 0 Å². The fourth-order valence-electron chi connectivity index (χ4n) is 4.21. The van der Waals surface area contributed by atoms with Gasteiger partial charge in [0.1, 0.15) is 17.1 Å². The average molecular weight is 407 g/mol. The van der Waals surface area contributed by atoms with E-state index in [1.807, 2.05) is 12.1 Å². The molecule has 2 amide bonds. The molecule has 1 saturated heterocycles. The Morgan fingerprint density at radius 2 is 1.89 bits per heavy atom. The summed E-state index contributed by atoms with van der Waals surface area (Å²) in [5.74, 6) is -1.14. The number of hydrogen-bond acceptors (Lipinski definition) is 4. The van der Waals surface area contributed by atoms with Gasteiger partial charge in [0, 0.05) is 10.8 Å². The molecule has 4 rings (SSSR count). The molecule has 2 atom stereocenters. The molecule has 1 aromatic rings. The summed E-state index contributed by atoms with van der Waals surface area (Å²) in [5.41, 5.74) is 0.256. The average Bonchev–Trinajstić information content (AvgIpc) is 3.16. The zero-order chi connectivity index (χ0) is 19.2. The maximum atomic E-state index is 13.2. The van der Waals surface area contributed by atoms with E-state index in [2.05, 4.69) is 5.32 Å². The van der Waals surface area contributed by atoms with Crippen LogP contribution < -0.4 is 5.32 Å². The van der Waals surface area contributed by atoms with Gasteiger partial charge in [-0.2, -0.15) is 0 Å². The molecule has 2 fully saturated rings. The number of benzene rings is 1. The maximum Gasteiger partial charge on any atom is 0.352 e. The van der Waals surface area contributed by atoms with E-state index in [1.54, 1.807) is 12.1 Å². The number of halogens is 1. The first-order chi connectivity index (χ1) is 12.9. The molecule has 2 aliphatic heterocycles. The second-order valence-electron chi connectivity index (χ2n) is 7.07. The predicted octanol–water partition coefficient (Wildman–Crippen LogP) is 2.52. The van der Waals surface area contributed by atoms with Gasteiger partial charge >= 0.3 is 5.97 Å². The summed E-state index contributed by atoms with van der Waals surface area (Å²) < 4.78 is 0. The van der Waals surface area contributed by atoms with Gasteiger partial charge in [0.25, 0.3) is 5.91 Å². The Morgan fingerprint density at radius 3 is 2.52 bits per heavy atom. The van der Waals surface area contributed by atoms with Gasteiger partial charge in [0.05, 0.1) is 5.41 Å². The number of amides is 2. The molecule has 1 aliphatic carbocycles. The zero-order valence-electron chi connectivity index (χ0n) is 14.5. The number of fused-ring (bicyclic) bond motifs is 1. The quantitative estimate of drug-likeness (QED) is 0.750. The van der Waals surface area contributed by atoms with Crippen LogP contribution in [0.3, 0.4) is 0 Å². The van der Waals surface area contributed by atoms with Crippen LogP contribution in [0.1, 0.15) is 31.2 Å². The lowest BCUT2D eigenvalue weighted by Crippen LogP contribution is -2.71. The van der Waals surface area contributed by atoms with Crippen molar-refractivity contribution in [2.75, 3.05) is 5.75 Å². The molecule has 6 nitrogen and oxygen atoms in total. The highest BCUT2D eigenvalue weighted by Crippen LogP contribution is 2.43. The van der Waals surface area contributed by atoms with E-state index < -0.39 is 17.4 Å². The summed E-state index contributed by atoms with van der Waals surface area (Å²) in [6.45, 7) is 0. The highest BCUT2D eigenvalue weighted by atomic mass is 35.5. The molecule has 0 radical (unpaired) electrons. The van der Waals surface area contributed by atoms with Gasteiger partial charge in [-0.1, -0.05) is 36.6 Å². The number of carboxylic acid groups (broad SMARTS) is 1. The number of nitrogens with zero attached hydrogens (tertiary/aromatic N) is 1. The van der Waals surface area contributed by atoms with Crippen LogP contribution in [0.4, 0.5) is 0 Å². The van der Waals surface area contributed by atoms with Crippen molar-refractivity contribution in [1.82, 2.24) is 10.2 Å². The molecule has 2 N–H and O–H groups in total. The van der Waals surface area contributed by atoms with Crippen LogP contribution in [0.25, 0.3) is 0 Å². The van der Waals surface area contributed by atoms with E-state index in [0.717, 1.165) is 31.2 Å². The normalized spacial score (nSPS) is 26.0. The molecule has 142 valence electrons. The van der Waals surface area contributed by atoms with E-state index in [0.29, 0.717) is 10.8 Å². The lowest BCUT2D eigenvalue weighted by atomic mass is 9.77. The number of carbonyl (C=O) groups excluding carboxylic acids is 2. The van der Waals surface area contributed by atoms with Crippen molar-refractivity contribution >= 4 is 41.1 Å². The summed E-state index contributed by atoms with van der Waals surface area (Å²) in [6, 6.07) is 6.63. The van der Waals surface area contributed by atoms with Crippen molar-refractivity contribution in [1.29, 1.82) is 0 Å². The Morgan fingerprint density at radius 1 is 1.22 bits per heavy atom. The number of nitrogens with one attached hydrogen (secondary N) is 1. The number of β-lactam (4-membered cyclic amide) rings is 1. The first-order valence-corrected chi connectivity index (χ1v) is 10.3. The third-order valence-corrected chi connectivity index (χ3v) is 7.08. The highest BCUT2D eigenvalue weighted by Gasteiger charge is 2.54. The molecular formula is C19H19ClN2O4S. The number of thioether (sulfide) groups is 1. The Hall–Kier alpha value is -1.99. The van der Waals surface area contributed by atoms with Gasteiger partial charge in [-0.15, -0.1) is 11.8 Å². The summed E-state index contributed by atoms with van der Waals surface area (Å²) in [7, 11) is 0. The molecule has 3 aliphatic rings. The van der Waals surface area contributed by atoms with E-state index in [4.69, 9.17) is 11.6 Å². The SMILES string of the molecule is O=C(O)C1=CCS[C@@H]2[C@H](NC(=O)C3(c4ccc(Cl)cc4)CCCC3)C(=O)N12. The van der Waals surface area contributed by atoms with Gasteiger partial charge in [-0.3, -0.25) is 14.5 Å². The van der Waals surface area contributed by atoms with Crippen molar-refractivity contribution in [2.45, 2.75) is 42.5 Å². The van der Waals surface area contributed by atoms with Crippen LogP contribution >= 0.6 is 23.4 Å². The molecule has 0 unspecified atom stereocenters. The summed E-state index contributed by atoms with van der Waals surface area (Å²) in [5, 5.41) is 12.4.